The first kappa shape index (κ1) is 63.0. The summed E-state index contributed by atoms with van der Waals surface area (Å²) in [6, 6.07) is 0.379. The molecule has 1 saturated heterocycles. The number of carbonyl (C=O) groups is 8. The third-order valence-corrected chi connectivity index (χ3v) is 15.3. The maximum absolute atomic E-state index is 15.2. The standard InChI is InChI=1S/C58H93N7O11/c1-14-16-21-38(7)31-46-55(70)62(10)40(9)58(73)76-51(28-27-42(66)35-75-43-23-20-24-43)54(69)61-47(32-39(8)22-17-15-2)57(72)63(11)49(30-37(5)6)52(67)59-45(29-36(3)4)56(71)64(12)50(53(68)60-46)33-41-34-65(74-13)48-26-19-18-25-44(41)48/h18-19,25-26,34,36-40,43,45-47,49-51H,14-17,20-24,27-33,35H2,1-13H3,(H,59,67)(H,60,68)(H,61,69)/t38-,39-,40?,45+,46+,47+,49+,50+,51?/m1/s1. The molecule has 0 bridgehead atoms. The number of amides is 6. The smallest absolute Gasteiger partial charge is 0.329 e. The van der Waals surface area contributed by atoms with Gasteiger partial charge in [0.2, 0.25) is 29.5 Å². The van der Waals surface area contributed by atoms with Crippen molar-refractivity contribution in [2.45, 2.75) is 214 Å². The predicted octanol–water partition coefficient (Wildman–Crippen LogP) is 6.57. The average molecular weight is 1060 g/mol. The largest absolute Gasteiger partial charge is 0.451 e. The number of unbranched alkanes of at least 4 members (excludes halogenated alkanes) is 2. The Morgan fingerprint density at radius 2 is 1.21 bits per heavy atom. The van der Waals surface area contributed by atoms with Crippen molar-refractivity contribution < 1.29 is 52.7 Å². The molecule has 2 heterocycles. The van der Waals surface area contributed by atoms with E-state index in [-0.39, 0.29) is 87.1 Å². The molecular weight excluding hydrogens is 971 g/mol. The van der Waals surface area contributed by atoms with Crippen LogP contribution >= 0.6 is 0 Å². The SMILES string of the molecule is CCCC[C@@H](C)C[C@@H]1NC(=O)[C@H](Cc2cn(OC)c3ccccc23)N(C)C(=O)[C@H](CC(C)C)NC(=O)[C@H](CC(C)C)N(C)C(=O)[C@H](C[C@H](C)CCCC)NC(=O)C(CCC(=O)COC2CCC2)OC(=O)C(C)N(C)C1=O. The number of nitrogens with one attached hydrogen (secondary N) is 3. The Kier molecular flexibility index (Phi) is 25.2. The molecule has 3 N–H and O–H groups in total. The lowest BCUT2D eigenvalue weighted by Crippen LogP contribution is -2.60. The topological polar surface area (TPSA) is 215 Å². The van der Waals surface area contributed by atoms with Crippen LogP contribution in [0.5, 0.6) is 0 Å². The molecule has 2 unspecified atom stereocenters. The Bertz CT molecular complexity index is 2260. The summed E-state index contributed by atoms with van der Waals surface area (Å²) >= 11 is 0. The van der Waals surface area contributed by atoms with Crippen molar-refractivity contribution in [2.24, 2.45) is 23.7 Å². The molecule has 6 amide bonds. The fraction of sp³-hybridized carbons (Fsp3) is 0.724. The summed E-state index contributed by atoms with van der Waals surface area (Å²) in [6.07, 6.45) is 8.35. The molecule has 9 atom stereocenters. The van der Waals surface area contributed by atoms with Gasteiger partial charge in [-0.1, -0.05) is 112 Å². The molecular formula is C58H93N7O11. The molecule has 1 saturated carbocycles. The fourth-order valence-electron chi connectivity index (χ4n) is 10.1. The second-order valence-corrected chi connectivity index (χ2v) is 22.7. The van der Waals surface area contributed by atoms with Crippen molar-refractivity contribution in [3.63, 3.8) is 0 Å². The number of rotatable bonds is 23. The predicted molar refractivity (Wildman–Crippen MR) is 293 cm³/mol. The van der Waals surface area contributed by atoms with Crippen LogP contribution in [0.15, 0.2) is 30.5 Å². The van der Waals surface area contributed by atoms with Crippen LogP contribution in [0.25, 0.3) is 10.9 Å². The minimum atomic E-state index is -1.56. The molecule has 1 aliphatic carbocycles. The molecule has 426 valence electrons. The van der Waals surface area contributed by atoms with Gasteiger partial charge in [-0.15, -0.1) is 0 Å². The minimum absolute atomic E-state index is 0.00564. The molecule has 1 aliphatic heterocycles. The third-order valence-electron chi connectivity index (χ3n) is 15.3. The number of aromatic nitrogens is 1. The number of hydrogen-bond acceptors (Lipinski definition) is 11. The van der Waals surface area contributed by atoms with Gasteiger partial charge in [0.15, 0.2) is 11.9 Å². The Morgan fingerprint density at radius 1 is 0.697 bits per heavy atom. The van der Waals surface area contributed by atoms with E-state index in [1.165, 1.54) is 49.9 Å². The average Bonchev–Trinajstić information content (AvgIpc) is 3.73. The van der Waals surface area contributed by atoms with E-state index in [1.807, 2.05) is 65.8 Å². The quantitative estimate of drug-likeness (QED) is 0.101. The molecule has 18 nitrogen and oxygen atoms in total. The molecule has 1 aromatic heterocycles. The van der Waals surface area contributed by atoms with Gasteiger partial charge in [-0.3, -0.25) is 33.6 Å². The van der Waals surface area contributed by atoms with Gasteiger partial charge in [-0.25, -0.2) is 4.79 Å². The first-order valence-electron chi connectivity index (χ1n) is 28.2. The first-order chi connectivity index (χ1) is 36.0. The van der Waals surface area contributed by atoms with E-state index in [0.717, 1.165) is 68.7 Å². The highest BCUT2D eigenvalue weighted by atomic mass is 16.6. The third kappa shape index (κ3) is 18.0. The number of ether oxygens (including phenoxy) is 2. The van der Waals surface area contributed by atoms with E-state index >= 15 is 9.59 Å². The van der Waals surface area contributed by atoms with E-state index in [2.05, 4.69) is 29.8 Å². The molecule has 2 aliphatic rings. The number of para-hydroxylation sites is 1. The monoisotopic (exact) mass is 1060 g/mol. The Morgan fingerprint density at radius 3 is 1.74 bits per heavy atom. The second-order valence-electron chi connectivity index (χ2n) is 22.7. The zero-order chi connectivity index (χ0) is 56.4. The zero-order valence-corrected chi connectivity index (χ0v) is 48.1. The van der Waals surface area contributed by atoms with Crippen LogP contribution < -0.4 is 20.8 Å². The van der Waals surface area contributed by atoms with E-state index in [9.17, 15) is 28.8 Å². The number of benzene rings is 1. The first-order valence-corrected chi connectivity index (χ1v) is 28.2. The van der Waals surface area contributed by atoms with Crippen LogP contribution in [0.2, 0.25) is 0 Å². The Hall–Kier alpha value is -5.52. The zero-order valence-electron chi connectivity index (χ0n) is 48.1. The van der Waals surface area contributed by atoms with Crippen LogP contribution in [0, 0.1) is 23.7 Å². The number of ketones is 1. The number of esters is 1. The van der Waals surface area contributed by atoms with Gasteiger partial charge < -0.3 is 45.0 Å². The van der Waals surface area contributed by atoms with E-state index in [0.29, 0.717) is 5.56 Å². The fourth-order valence-corrected chi connectivity index (χ4v) is 10.1. The van der Waals surface area contributed by atoms with Gasteiger partial charge in [-0.05, 0) is 87.2 Å². The maximum atomic E-state index is 15.2. The van der Waals surface area contributed by atoms with Crippen molar-refractivity contribution in [3.8, 4) is 0 Å². The molecule has 18 heteroatoms. The van der Waals surface area contributed by atoms with Crippen LogP contribution in [0.3, 0.4) is 0 Å². The number of likely N-dealkylation sites (N-methyl/N-ethyl adjacent to an activating group) is 3. The van der Waals surface area contributed by atoms with Crippen molar-refractivity contribution in [1.29, 1.82) is 0 Å². The normalized spacial score (nSPS) is 24.2. The van der Waals surface area contributed by atoms with E-state index in [1.54, 1.807) is 10.9 Å². The maximum Gasteiger partial charge on any atom is 0.329 e. The summed E-state index contributed by atoms with van der Waals surface area (Å²) in [6.45, 7) is 17.1. The van der Waals surface area contributed by atoms with Crippen molar-refractivity contribution in [2.75, 3.05) is 34.9 Å². The van der Waals surface area contributed by atoms with Gasteiger partial charge in [0.05, 0.1) is 11.6 Å². The summed E-state index contributed by atoms with van der Waals surface area (Å²) in [5.74, 6) is -5.31. The molecule has 4 rings (SSSR count). The molecule has 76 heavy (non-hydrogen) atoms. The van der Waals surface area contributed by atoms with Gasteiger partial charge >= 0.3 is 5.97 Å². The molecule has 2 aromatic rings. The number of nitrogens with zero attached hydrogens (tertiary/aromatic N) is 4. The van der Waals surface area contributed by atoms with Crippen LogP contribution in [0.4, 0.5) is 0 Å². The van der Waals surface area contributed by atoms with Crippen LogP contribution in [-0.4, -0.2) is 150 Å². The highest BCUT2D eigenvalue weighted by Gasteiger charge is 2.41. The van der Waals surface area contributed by atoms with Gasteiger partial charge in [0.1, 0.15) is 50.0 Å². The number of cyclic esters (lactones) is 1. The molecule has 0 radical (unpaired) electrons. The van der Waals surface area contributed by atoms with Gasteiger partial charge in [-0.2, -0.15) is 4.73 Å². The summed E-state index contributed by atoms with van der Waals surface area (Å²) in [7, 11) is 5.98. The van der Waals surface area contributed by atoms with Crippen LogP contribution in [0.1, 0.15) is 164 Å². The molecule has 0 spiro atoms. The number of fused-ring (bicyclic) bond motifs is 1. The van der Waals surface area contributed by atoms with Gasteiger partial charge in [0, 0.05) is 52.0 Å². The Labute approximate surface area is 452 Å². The van der Waals surface area contributed by atoms with Gasteiger partial charge in [0.25, 0.3) is 5.91 Å². The van der Waals surface area contributed by atoms with E-state index < -0.39 is 83.8 Å². The molecule has 2 fully saturated rings. The number of Topliss-reactive ketones (excluding diaryl/α,β-unsaturated/α-hetero) is 1. The number of carbonyl (C=O) groups excluding carboxylic acids is 8. The van der Waals surface area contributed by atoms with E-state index in [4.69, 9.17) is 14.3 Å². The van der Waals surface area contributed by atoms with Crippen molar-refractivity contribution in [3.05, 3.63) is 36.0 Å². The summed E-state index contributed by atoms with van der Waals surface area (Å²) in [5.41, 5.74) is 1.42. The highest BCUT2D eigenvalue weighted by Crippen LogP contribution is 2.26. The second kappa shape index (κ2) is 30.4. The highest BCUT2D eigenvalue weighted by molar-refractivity contribution is 5.98. The number of hydrogen-bond donors (Lipinski definition) is 3. The van der Waals surface area contributed by atoms with Crippen molar-refractivity contribution >= 4 is 58.1 Å². The van der Waals surface area contributed by atoms with Crippen LogP contribution in [-0.2, 0) is 54.3 Å². The summed E-state index contributed by atoms with van der Waals surface area (Å²) in [4.78, 5) is 127. The molecule has 1 aromatic carbocycles. The lowest BCUT2D eigenvalue weighted by atomic mass is 9.94. The summed E-state index contributed by atoms with van der Waals surface area (Å²) in [5, 5.41) is 9.68. The minimum Gasteiger partial charge on any atom is -0.451 e. The van der Waals surface area contributed by atoms with Crippen molar-refractivity contribution in [1.82, 2.24) is 35.4 Å². The Balaban J connectivity index is 1.91. The summed E-state index contributed by atoms with van der Waals surface area (Å²) < 4.78 is 13.3. The lowest BCUT2D eigenvalue weighted by molar-refractivity contribution is -0.164. The lowest BCUT2D eigenvalue weighted by Gasteiger charge is -2.35.